The van der Waals surface area contributed by atoms with Crippen LogP contribution in [-0.4, -0.2) is 28.3 Å². The van der Waals surface area contributed by atoms with E-state index < -0.39 is 11.2 Å². The summed E-state index contributed by atoms with van der Waals surface area (Å²) in [6.07, 6.45) is 0. The van der Waals surface area contributed by atoms with Gasteiger partial charge in [-0.05, 0) is 42.3 Å². The highest BCUT2D eigenvalue weighted by atomic mass is 32.2. The van der Waals surface area contributed by atoms with Gasteiger partial charge in [0.2, 0.25) is 6.54 Å². The summed E-state index contributed by atoms with van der Waals surface area (Å²) >= 11 is 2.89. The molecule has 6 heteroatoms. The average Bonchev–Trinajstić information content (AvgIpc) is 2.76. The van der Waals surface area contributed by atoms with Crippen LogP contribution in [0, 0.1) is 17.0 Å². The minimum absolute atomic E-state index is 0.00723. The summed E-state index contributed by atoms with van der Waals surface area (Å²) in [5.41, 5.74) is 1.83. The number of ketones is 1. The molecule has 2 atom stereocenters. The molecule has 154 valence electrons. The molecule has 0 saturated carbocycles. The second-order valence-corrected chi connectivity index (χ2v) is 9.16. The van der Waals surface area contributed by atoms with Crippen LogP contribution in [0.25, 0.3) is 0 Å². The van der Waals surface area contributed by atoms with Crippen LogP contribution in [0.2, 0.25) is 0 Å². The first-order chi connectivity index (χ1) is 14.5. The highest BCUT2D eigenvalue weighted by Crippen LogP contribution is 2.37. The topological polar surface area (TPSA) is 60.2 Å². The third-order valence-corrected chi connectivity index (χ3v) is 7.17. The van der Waals surface area contributed by atoms with Crippen molar-refractivity contribution in [3.8, 4) is 0 Å². The molecule has 3 rings (SSSR count). The third-order valence-electron chi connectivity index (χ3n) is 4.75. The van der Waals surface area contributed by atoms with Crippen LogP contribution < -0.4 is 0 Å². The van der Waals surface area contributed by atoms with E-state index in [9.17, 15) is 14.9 Å². The SMILES string of the molecule is Cc1ccccc1C(C[N+](=O)[O-])C(Sc1ccccc1)C(=O)CSc1ccccc1. The first kappa shape index (κ1) is 22.1. The summed E-state index contributed by atoms with van der Waals surface area (Å²) in [5.74, 6) is -0.225. The van der Waals surface area contributed by atoms with Crippen molar-refractivity contribution in [3.63, 3.8) is 0 Å². The van der Waals surface area contributed by atoms with Gasteiger partial charge in [0.25, 0.3) is 0 Å². The smallest absolute Gasteiger partial charge is 0.212 e. The fourth-order valence-corrected chi connectivity index (χ4v) is 5.45. The van der Waals surface area contributed by atoms with Crippen molar-refractivity contribution in [1.29, 1.82) is 0 Å². The van der Waals surface area contributed by atoms with Crippen LogP contribution in [0.3, 0.4) is 0 Å². The van der Waals surface area contributed by atoms with E-state index in [2.05, 4.69) is 0 Å². The van der Waals surface area contributed by atoms with Crippen LogP contribution >= 0.6 is 23.5 Å². The normalized spacial score (nSPS) is 12.8. The van der Waals surface area contributed by atoms with E-state index in [1.54, 1.807) is 0 Å². The molecule has 0 heterocycles. The summed E-state index contributed by atoms with van der Waals surface area (Å²) in [4.78, 5) is 26.5. The fraction of sp³-hybridized carbons (Fsp3) is 0.208. The van der Waals surface area contributed by atoms with Crippen molar-refractivity contribution in [1.82, 2.24) is 0 Å². The van der Waals surface area contributed by atoms with Gasteiger partial charge in [0.05, 0.1) is 16.9 Å². The Morgan fingerprint density at radius 2 is 1.47 bits per heavy atom. The predicted octanol–water partition coefficient (Wildman–Crippen LogP) is 5.88. The summed E-state index contributed by atoms with van der Waals surface area (Å²) in [6.45, 7) is 1.66. The molecule has 0 fully saturated rings. The molecule has 2 unspecified atom stereocenters. The lowest BCUT2D eigenvalue weighted by Gasteiger charge is -2.24. The Morgan fingerprint density at radius 3 is 2.07 bits per heavy atom. The lowest BCUT2D eigenvalue weighted by atomic mass is 9.90. The molecule has 0 saturated heterocycles. The van der Waals surface area contributed by atoms with Crippen molar-refractivity contribution >= 4 is 29.3 Å². The van der Waals surface area contributed by atoms with Gasteiger partial charge in [0.1, 0.15) is 0 Å². The fourth-order valence-electron chi connectivity index (χ4n) is 3.29. The second kappa shape index (κ2) is 11.0. The number of aryl methyl sites for hydroxylation is 1. The van der Waals surface area contributed by atoms with E-state index in [-0.39, 0.29) is 23.0 Å². The van der Waals surface area contributed by atoms with Gasteiger partial charge in [-0.15, -0.1) is 23.5 Å². The van der Waals surface area contributed by atoms with Gasteiger partial charge in [-0.2, -0.15) is 0 Å². The second-order valence-electron chi connectivity index (χ2n) is 6.90. The van der Waals surface area contributed by atoms with Crippen molar-refractivity contribution < 1.29 is 9.72 Å². The predicted molar refractivity (Wildman–Crippen MR) is 124 cm³/mol. The van der Waals surface area contributed by atoms with E-state index in [0.29, 0.717) is 0 Å². The molecule has 0 aromatic heterocycles. The van der Waals surface area contributed by atoms with E-state index >= 15 is 0 Å². The maximum atomic E-state index is 13.4. The molecule has 0 aliphatic heterocycles. The minimum Gasteiger partial charge on any atom is -0.297 e. The number of carbonyl (C=O) groups is 1. The number of nitro groups is 1. The first-order valence-corrected chi connectivity index (χ1v) is 11.5. The number of thioether (sulfide) groups is 2. The number of hydrogen-bond acceptors (Lipinski definition) is 5. The van der Waals surface area contributed by atoms with Gasteiger partial charge in [0.15, 0.2) is 5.78 Å². The van der Waals surface area contributed by atoms with Gasteiger partial charge in [0, 0.05) is 14.7 Å². The van der Waals surface area contributed by atoms with Crippen LogP contribution in [0.4, 0.5) is 0 Å². The third kappa shape index (κ3) is 6.21. The van der Waals surface area contributed by atoms with E-state index in [0.717, 1.165) is 20.9 Å². The van der Waals surface area contributed by atoms with Gasteiger partial charge in [-0.1, -0.05) is 60.7 Å². The van der Waals surface area contributed by atoms with E-state index in [1.807, 2.05) is 91.9 Å². The highest BCUT2D eigenvalue weighted by Gasteiger charge is 2.34. The van der Waals surface area contributed by atoms with E-state index in [4.69, 9.17) is 0 Å². The molecule has 0 N–H and O–H groups in total. The average molecular weight is 438 g/mol. The molecule has 30 heavy (non-hydrogen) atoms. The van der Waals surface area contributed by atoms with Crippen molar-refractivity contribution in [2.45, 2.75) is 27.9 Å². The van der Waals surface area contributed by atoms with Crippen LogP contribution in [0.1, 0.15) is 17.0 Å². The van der Waals surface area contributed by atoms with Crippen molar-refractivity contribution in [3.05, 3.63) is 106 Å². The number of benzene rings is 3. The largest absolute Gasteiger partial charge is 0.297 e. The Bertz CT molecular complexity index is 980. The molecule has 0 aliphatic carbocycles. The molecule has 4 nitrogen and oxygen atoms in total. The minimum atomic E-state index is -0.546. The molecular weight excluding hydrogens is 414 g/mol. The molecule has 0 spiro atoms. The monoisotopic (exact) mass is 437 g/mol. The molecule has 0 bridgehead atoms. The number of hydrogen-bond donors (Lipinski definition) is 0. The Morgan fingerprint density at radius 1 is 0.900 bits per heavy atom. The van der Waals surface area contributed by atoms with Crippen LogP contribution in [-0.2, 0) is 4.79 Å². The van der Waals surface area contributed by atoms with Crippen LogP contribution in [0.5, 0.6) is 0 Å². The van der Waals surface area contributed by atoms with Gasteiger partial charge >= 0.3 is 0 Å². The van der Waals surface area contributed by atoms with E-state index in [1.165, 1.54) is 23.5 Å². The lowest BCUT2D eigenvalue weighted by Crippen LogP contribution is -2.32. The highest BCUT2D eigenvalue weighted by molar-refractivity contribution is 8.02. The molecule has 3 aromatic rings. The van der Waals surface area contributed by atoms with Crippen molar-refractivity contribution in [2.75, 3.05) is 12.3 Å². The maximum Gasteiger partial charge on any atom is 0.212 e. The van der Waals surface area contributed by atoms with Crippen LogP contribution in [0.15, 0.2) is 94.7 Å². The Labute approximate surface area is 185 Å². The summed E-state index contributed by atoms with van der Waals surface area (Å²) in [5, 5.41) is 11.0. The summed E-state index contributed by atoms with van der Waals surface area (Å²) in [7, 11) is 0. The first-order valence-electron chi connectivity index (χ1n) is 9.64. The number of rotatable bonds is 10. The van der Waals surface area contributed by atoms with Gasteiger partial charge in [-0.25, -0.2) is 0 Å². The zero-order valence-corrected chi connectivity index (χ0v) is 18.3. The standard InChI is InChI=1S/C24H23NO3S2/c1-18-10-8-9-15-21(18)22(16-25(27)28)24(30-20-13-6-3-7-14-20)23(26)17-29-19-11-4-2-5-12-19/h2-15,22,24H,16-17H2,1H3. The summed E-state index contributed by atoms with van der Waals surface area (Å²) < 4.78 is 0. The lowest BCUT2D eigenvalue weighted by molar-refractivity contribution is -0.483. The molecule has 3 aromatic carbocycles. The number of nitrogens with zero attached hydrogens (tertiary/aromatic N) is 1. The van der Waals surface area contributed by atoms with Gasteiger partial charge in [-0.3, -0.25) is 14.9 Å². The quantitative estimate of drug-likeness (QED) is 0.225. The Kier molecular flexibility index (Phi) is 8.11. The van der Waals surface area contributed by atoms with Crippen molar-refractivity contribution in [2.24, 2.45) is 0 Å². The Balaban J connectivity index is 1.91. The summed E-state index contributed by atoms with van der Waals surface area (Å²) in [6, 6.07) is 27.0. The molecule has 0 radical (unpaired) electrons. The zero-order valence-electron chi connectivity index (χ0n) is 16.6. The molecular formula is C24H23NO3S2. The number of carbonyl (C=O) groups excluding carboxylic acids is 1. The zero-order chi connectivity index (χ0) is 21.3. The number of Topliss-reactive ketones (excluding diaryl/α,β-unsaturated/α-hetero) is 1. The van der Waals surface area contributed by atoms with Gasteiger partial charge < -0.3 is 0 Å². The maximum absolute atomic E-state index is 13.4. The Hall–Kier alpha value is -2.57. The molecule has 0 aliphatic rings. The molecule has 0 amide bonds.